The Bertz CT molecular complexity index is 915. The molecule has 3 heterocycles. The quantitative estimate of drug-likeness (QED) is 0.350. The van der Waals surface area contributed by atoms with Gasteiger partial charge in [-0.1, -0.05) is 26.3 Å². The number of aryl methyl sites for hydroxylation is 1. The third-order valence-corrected chi connectivity index (χ3v) is 8.12. The lowest BCUT2D eigenvalue weighted by Gasteiger charge is -2.31. The number of carbonyl (C=O) groups is 1. The largest absolute Gasteiger partial charge is 0.441 e. The molecule has 2 saturated heterocycles. The van der Waals surface area contributed by atoms with Crippen LogP contribution in [0.25, 0.3) is 11.5 Å². The van der Waals surface area contributed by atoms with Crippen molar-refractivity contribution in [1.29, 1.82) is 0 Å². The second kappa shape index (κ2) is 14.5. The van der Waals surface area contributed by atoms with Crippen molar-refractivity contribution in [2.24, 2.45) is 5.92 Å². The lowest BCUT2D eigenvalue weighted by molar-refractivity contribution is -0.126. The Morgan fingerprint density at radius 1 is 1.06 bits per heavy atom. The number of likely N-dealkylation sites (tertiary alicyclic amines) is 2. The number of hydrogen-bond acceptors (Lipinski definition) is 5. The van der Waals surface area contributed by atoms with Gasteiger partial charge in [-0.15, -0.1) is 0 Å². The van der Waals surface area contributed by atoms with E-state index in [4.69, 9.17) is 9.40 Å². The van der Waals surface area contributed by atoms with E-state index in [1.54, 1.807) is 0 Å². The summed E-state index contributed by atoms with van der Waals surface area (Å²) in [5, 5.41) is 3.18. The molecule has 0 saturated carbocycles. The minimum atomic E-state index is 0.126. The molecule has 0 radical (unpaired) electrons. The number of oxazole rings is 1. The molecule has 1 amide bonds. The second-order valence-electron chi connectivity index (χ2n) is 9.22. The number of carbonyl (C=O) groups excluding carboxylic acids is 1. The predicted octanol–water partition coefficient (Wildman–Crippen LogP) is 6.41. The lowest BCUT2D eigenvalue weighted by atomic mass is 9.95. The molecule has 2 fully saturated rings. The van der Waals surface area contributed by atoms with Crippen LogP contribution in [0.4, 0.5) is 0 Å². The molecule has 0 aliphatic carbocycles. The van der Waals surface area contributed by atoms with Crippen LogP contribution < -0.4 is 5.32 Å². The van der Waals surface area contributed by atoms with E-state index in [1.165, 1.54) is 32.4 Å². The first-order valence-electron chi connectivity index (χ1n) is 13.1. The van der Waals surface area contributed by atoms with E-state index in [-0.39, 0.29) is 11.8 Å². The predicted molar refractivity (Wildman–Crippen MR) is 149 cm³/mol. The normalized spacial score (nSPS) is 17.6. The maximum atomic E-state index is 12.6. The van der Waals surface area contributed by atoms with E-state index in [0.29, 0.717) is 5.89 Å². The SMILES string of the molecule is CC.Cc1oc(-c2c(Br)cccc2Br)nc1CN1CCC(C(=O)NCCCN2CCCCC2)CC1. The molecule has 1 N–H and O–H groups in total. The molecular formula is C27H40Br2N4O2. The van der Waals surface area contributed by atoms with Crippen molar-refractivity contribution in [2.75, 3.05) is 39.3 Å². The molecule has 2 aliphatic heterocycles. The summed E-state index contributed by atoms with van der Waals surface area (Å²) in [5.41, 5.74) is 1.90. The summed E-state index contributed by atoms with van der Waals surface area (Å²) in [7, 11) is 0. The summed E-state index contributed by atoms with van der Waals surface area (Å²) in [6.45, 7) is 12.9. The van der Waals surface area contributed by atoms with Crippen molar-refractivity contribution >= 4 is 37.8 Å². The molecule has 1 aromatic carbocycles. The van der Waals surface area contributed by atoms with Crippen molar-refractivity contribution in [3.63, 3.8) is 0 Å². The van der Waals surface area contributed by atoms with E-state index in [2.05, 4.69) is 47.0 Å². The number of aromatic nitrogens is 1. The average Bonchev–Trinajstić information content (AvgIpc) is 3.23. The summed E-state index contributed by atoms with van der Waals surface area (Å²) < 4.78 is 7.90. The molecule has 4 rings (SSSR count). The van der Waals surface area contributed by atoms with Gasteiger partial charge in [0.2, 0.25) is 11.8 Å². The number of piperidine rings is 2. The first kappa shape index (κ1) is 28.4. The van der Waals surface area contributed by atoms with Crippen LogP contribution in [0.2, 0.25) is 0 Å². The highest BCUT2D eigenvalue weighted by Gasteiger charge is 2.26. The number of halogens is 2. The summed E-state index contributed by atoms with van der Waals surface area (Å²) in [5.74, 6) is 1.83. The third kappa shape index (κ3) is 8.14. The monoisotopic (exact) mass is 610 g/mol. The van der Waals surface area contributed by atoms with Crippen molar-refractivity contribution in [2.45, 2.75) is 65.8 Å². The van der Waals surface area contributed by atoms with Crippen LogP contribution in [0, 0.1) is 12.8 Å². The van der Waals surface area contributed by atoms with Crippen LogP contribution in [0.5, 0.6) is 0 Å². The highest BCUT2D eigenvalue weighted by atomic mass is 79.9. The molecule has 8 heteroatoms. The van der Waals surface area contributed by atoms with Gasteiger partial charge < -0.3 is 14.6 Å². The van der Waals surface area contributed by atoms with Gasteiger partial charge in [0.15, 0.2) is 0 Å². The molecule has 1 aromatic heterocycles. The van der Waals surface area contributed by atoms with Crippen LogP contribution in [0.15, 0.2) is 31.6 Å². The van der Waals surface area contributed by atoms with Crippen molar-refractivity contribution in [3.05, 3.63) is 38.6 Å². The molecule has 6 nitrogen and oxygen atoms in total. The van der Waals surface area contributed by atoms with Gasteiger partial charge in [-0.2, -0.15) is 0 Å². The van der Waals surface area contributed by atoms with E-state index >= 15 is 0 Å². The molecule has 0 bridgehead atoms. The fourth-order valence-corrected chi connectivity index (χ4v) is 6.13. The smallest absolute Gasteiger partial charge is 0.228 e. The Kier molecular flexibility index (Phi) is 11.7. The second-order valence-corrected chi connectivity index (χ2v) is 10.9. The first-order chi connectivity index (χ1) is 17.0. The Morgan fingerprint density at radius 2 is 1.71 bits per heavy atom. The maximum absolute atomic E-state index is 12.6. The van der Waals surface area contributed by atoms with Gasteiger partial charge in [-0.25, -0.2) is 4.98 Å². The molecule has 194 valence electrons. The zero-order valence-electron chi connectivity index (χ0n) is 21.4. The molecule has 0 unspecified atom stereocenters. The Morgan fingerprint density at radius 3 is 2.37 bits per heavy atom. The number of amides is 1. The van der Waals surface area contributed by atoms with E-state index in [9.17, 15) is 4.79 Å². The van der Waals surface area contributed by atoms with Gasteiger partial charge in [0.25, 0.3) is 0 Å². The summed E-state index contributed by atoms with van der Waals surface area (Å²) >= 11 is 7.20. The van der Waals surface area contributed by atoms with Crippen LogP contribution in [-0.2, 0) is 11.3 Å². The Labute approximate surface area is 227 Å². The number of nitrogens with zero attached hydrogens (tertiary/aromatic N) is 3. The van der Waals surface area contributed by atoms with Gasteiger partial charge >= 0.3 is 0 Å². The zero-order chi connectivity index (χ0) is 25.2. The summed E-state index contributed by atoms with van der Waals surface area (Å²) in [6, 6.07) is 5.95. The summed E-state index contributed by atoms with van der Waals surface area (Å²) in [4.78, 5) is 22.3. The number of hydrogen-bond donors (Lipinski definition) is 1. The van der Waals surface area contributed by atoms with Crippen molar-refractivity contribution in [3.8, 4) is 11.5 Å². The maximum Gasteiger partial charge on any atom is 0.228 e. The van der Waals surface area contributed by atoms with Crippen LogP contribution in [-0.4, -0.2) is 60.0 Å². The molecule has 2 aliphatic rings. The minimum Gasteiger partial charge on any atom is -0.441 e. The standard InChI is InChI=1S/C25H34Br2N4O2.C2H6/c1-18-22(29-25(33-18)23-20(26)7-5-8-21(23)27)17-31-15-9-19(10-16-31)24(32)28-11-6-14-30-12-3-2-4-13-30;1-2/h5,7-8,19H,2-4,6,9-17H2,1H3,(H,28,32);1-2H3. The zero-order valence-corrected chi connectivity index (χ0v) is 24.6. The highest BCUT2D eigenvalue weighted by Crippen LogP contribution is 2.35. The average molecular weight is 612 g/mol. The van der Waals surface area contributed by atoms with Gasteiger partial charge in [-0.3, -0.25) is 9.69 Å². The van der Waals surface area contributed by atoms with Gasteiger partial charge in [0, 0.05) is 28.0 Å². The molecule has 35 heavy (non-hydrogen) atoms. The lowest BCUT2D eigenvalue weighted by Crippen LogP contribution is -2.41. The summed E-state index contributed by atoms with van der Waals surface area (Å²) in [6.07, 6.45) is 6.86. The minimum absolute atomic E-state index is 0.126. The highest BCUT2D eigenvalue weighted by molar-refractivity contribution is 9.11. The van der Waals surface area contributed by atoms with Crippen molar-refractivity contribution in [1.82, 2.24) is 20.1 Å². The number of rotatable bonds is 8. The van der Waals surface area contributed by atoms with Gasteiger partial charge in [0.05, 0.1) is 11.3 Å². The molecule has 2 aromatic rings. The van der Waals surface area contributed by atoms with Crippen LogP contribution in [0.3, 0.4) is 0 Å². The fourth-order valence-electron chi connectivity index (χ4n) is 4.79. The van der Waals surface area contributed by atoms with E-state index < -0.39 is 0 Å². The first-order valence-corrected chi connectivity index (χ1v) is 14.7. The third-order valence-electron chi connectivity index (χ3n) is 6.80. The van der Waals surface area contributed by atoms with E-state index in [0.717, 1.165) is 77.9 Å². The molecule has 0 spiro atoms. The molecular weight excluding hydrogens is 572 g/mol. The molecule has 0 atom stereocenters. The van der Waals surface area contributed by atoms with E-state index in [1.807, 2.05) is 39.0 Å². The van der Waals surface area contributed by atoms with Gasteiger partial charge in [0.1, 0.15) is 5.76 Å². The van der Waals surface area contributed by atoms with Crippen molar-refractivity contribution < 1.29 is 9.21 Å². The number of benzene rings is 1. The van der Waals surface area contributed by atoms with Crippen LogP contribution in [0.1, 0.15) is 63.8 Å². The Hall–Kier alpha value is -1.22. The number of nitrogens with one attached hydrogen (secondary N) is 1. The fraction of sp³-hybridized carbons (Fsp3) is 0.630. The van der Waals surface area contributed by atoms with Gasteiger partial charge in [-0.05, 0) is 116 Å². The van der Waals surface area contributed by atoms with Crippen LogP contribution >= 0.6 is 31.9 Å². The Balaban J connectivity index is 0.00000167. The topological polar surface area (TPSA) is 61.6 Å².